The van der Waals surface area contributed by atoms with Crippen LogP contribution in [-0.4, -0.2) is 20.0 Å². The van der Waals surface area contributed by atoms with Crippen molar-refractivity contribution < 1.29 is 9.13 Å². The summed E-state index contributed by atoms with van der Waals surface area (Å²) >= 11 is 0. The summed E-state index contributed by atoms with van der Waals surface area (Å²) in [6.07, 6.45) is 1.87. The number of nitrogens with zero attached hydrogens (tertiary/aromatic N) is 3. The lowest BCUT2D eigenvalue weighted by Crippen LogP contribution is -2.17. The van der Waals surface area contributed by atoms with Crippen molar-refractivity contribution >= 4 is 5.71 Å². The van der Waals surface area contributed by atoms with E-state index in [2.05, 4.69) is 4.98 Å². The van der Waals surface area contributed by atoms with E-state index in [1.165, 1.54) is 12.1 Å². The lowest BCUT2D eigenvalue weighted by Gasteiger charge is -2.11. The summed E-state index contributed by atoms with van der Waals surface area (Å²) in [5, 5.41) is 12.8. The monoisotopic (exact) mass is 307 g/mol. The summed E-state index contributed by atoms with van der Waals surface area (Å²) in [6.45, 7) is 2.00. The molecule has 0 aliphatic carbocycles. The zero-order valence-corrected chi connectivity index (χ0v) is 12.5. The van der Waals surface area contributed by atoms with Crippen molar-refractivity contribution in [2.45, 2.75) is 13.5 Å². The number of aromatic nitrogens is 2. The lowest BCUT2D eigenvalue weighted by atomic mass is 10.0. The van der Waals surface area contributed by atoms with Crippen molar-refractivity contribution in [1.82, 2.24) is 9.55 Å². The number of imidazole rings is 1. The number of rotatable bonds is 1. The van der Waals surface area contributed by atoms with Crippen molar-refractivity contribution in [1.29, 1.82) is 0 Å². The molecule has 0 fully saturated rings. The first kappa shape index (κ1) is 13.7. The third-order valence-electron chi connectivity index (χ3n) is 3.95. The number of hydrogen-bond donors (Lipinski definition) is 0. The molecule has 23 heavy (non-hydrogen) atoms. The molecule has 4 nitrogen and oxygen atoms in total. The molecular formula is C18H14FN3O. The maximum atomic E-state index is 13.9. The van der Waals surface area contributed by atoms with E-state index in [0.717, 1.165) is 21.7 Å². The van der Waals surface area contributed by atoms with Crippen LogP contribution in [0.25, 0.3) is 5.69 Å². The summed E-state index contributed by atoms with van der Waals surface area (Å²) in [5.41, 5.74) is 3.38. The molecule has 0 amide bonds. The highest BCUT2D eigenvalue weighted by atomic mass is 19.1. The molecule has 2 heterocycles. The number of hydrogen-bond acceptors (Lipinski definition) is 2. The van der Waals surface area contributed by atoms with Gasteiger partial charge < -0.3 is 5.21 Å². The van der Waals surface area contributed by atoms with Crippen LogP contribution in [-0.2, 0) is 6.54 Å². The van der Waals surface area contributed by atoms with E-state index < -0.39 is 0 Å². The first-order valence-electron chi connectivity index (χ1n) is 7.35. The fourth-order valence-corrected chi connectivity index (χ4v) is 3.01. The summed E-state index contributed by atoms with van der Waals surface area (Å²) in [4.78, 5) is 4.43. The number of fused-ring (bicyclic) bond motifs is 3. The van der Waals surface area contributed by atoms with Crippen molar-refractivity contribution in [3.63, 3.8) is 0 Å². The molecule has 0 unspecified atom stereocenters. The molecular weight excluding hydrogens is 293 g/mol. The van der Waals surface area contributed by atoms with Crippen LogP contribution in [0, 0.1) is 17.9 Å². The van der Waals surface area contributed by atoms with Crippen molar-refractivity contribution in [2.24, 2.45) is 0 Å². The summed E-state index contributed by atoms with van der Waals surface area (Å²) in [6, 6.07) is 13.8. The Hall–Kier alpha value is -2.95. The Balaban J connectivity index is 2.05. The van der Waals surface area contributed by atoms with Crippen LogP contribution in [0.4, 0.5) is 4.39 Å². The Labute approximate surface area is 132 Å². The Morgan fingerprint density at radius 2 is 1.96 bits per heavy atom. The van der Waals surface area contributed by atoms with Crippen molar-refractivity contribution in [3.8, 4) is 5.69 Å². The van der Waals surface area contributed by atoms with Gasteiger partial charge in [-0.05, 0) is 37.3 Å². The lowest BCUT2D eigenvalue weighted by molar-refractivity contribution is -0.475. The normalized spacial score (nSPS) is 13.5. The quantitative estimate of drug-likeness (QED) is 0.512. The van der Waals surface area contributed by atoms with Gasteiger partial charge in [0.2, 0.25) is 12.3 Å². The maximum absolute atomic E-state index is 13.9. The van der Waals surface area contributed by atoms with Crippen LogP contribution in [0.15, 0.2) is 54.7 Å². The van der Waals surface area contributed by atoms with Crippen LogP contribution in [0.2, 0.25) is 0 Å². The molecule has 0 spiro atoms. The molecule has 0 bridgehead atoms. The molecule has 1 aliphatic heterocycles. The molecule has 0 radical (unpaired) electrons. The predicted molar refractivity (Wildman–Crippen MR) is 85.2 cm³/mol. The topological polar surface area (TPSA) is 43.9 Å². The highest BCUT2D eigenvalue weighted by Crippen LogP contribution is 2.25. The summed E-state index contributed by atoms with van der Waals surface area (Å²) in [5.74, 6) is 0.280. The van der Waals surface area contributed by atoms with Gasteiger partial charge in [-0.2, -0.15) is 4.74 Å². The third-order valence-corrected chi connectivity index (χ3v) is 3.95. The van der Waals surface area contributed by atoms with Crippen LogP contribution in [0.3, 0.4) is 0 Å². The fraction of sp³-hybridized carbons (Fsp3) is 0.111. The molecule has 5 heteroatoms. The van der Waals surface area contributed by atoms with Gasteiger partial charge in [0, 0.05) is 11.8 Å². The number of halogens is 1. The minimum absolute atomic E-state index is 0.119. The zero-order valence-electron chi connectivity index (χ0n) is 12.5. The second-order valence-corrected chi connectivity index (χ2v) is 5.58. The van der Waals surface area contributed by atoms with E-state index in [0.29, 0.717) is 17.1 Å². The largest absolute Gasteiger partial charge is 0.623 e. The molecule has 0 saturated heterocycles. The number of benzene rings is 2. The van der Waals surface area contributed by atoms with Crippen LogP contribution >= 0.6 is 0 Å². The summed E-state index contributed by atoms with van der Waals surface area (Å²) in [7, 11) is 0. The summed E-state index contributed by atoms with van der Waals surface area (Å²) < 4.78 is 16.6. The first-order valence-corrected chi connectivity index (χ1v) is 7.35. The van der Waals surface area contributed by atoms with E-state index in [1.807, 2.05) is 48.0 Å². The molecule has 1 aliphatic rings. The van der Waals surface area contributed by atoms with Gasteiger partial charge in [-0.1, -0.05) is 18.2 Å². The van der Waals surface area contributed by atoms with Gasteiger partial charge >= 0.3 is 0 Å². The molecule has 0 atom stereocenters. The molecule has 4 rings (SSSR count). The van der Waals surface area contributed by atoms with Gasteiger partial charge in [0.05, 0.1) is 16.9 Å². The van der Waals surface area contributed by atoms with E-state index >= 15 is 0 Å². The van der Waals surface area contributed by atoms with Crippen molar-refractivity contribution in [2.75, 3.05) is 0 Å². The second-order valence-electron chi connectivity index (χ2n) is 5.58. The zero-order chi connectivity index (χ0) is 16.0. The Morgan fingerprint density at radius 3 is 2.74 bits per heavy atom. The molecule has 114 valence electrons. The highest BCUT2D eigenvalue weighted by Gasteiger charge is 2.27. The van der Waals surface area contributed by atoms with Gasteiger partial charge in [0.25, 0.3) is 0 Å². The Morgan fingerprint density at radius 1 is 1.17 bits per heavy atom. The molecule has 1 aromatic heterocycles. The van der Waals surface area contributed by atoms with Gasteiger partial charge in [0.1, 0.15) is 5.82 Å². The van der Waals surface area contributed by atoms with Crippen LogP contribution < -0.4 is 0 Å². The van der Waals surface area contributed by atoms with E-state index in [-0.39, 0.29) is 12.4 Å². The minimum atomic E-state index is -0.370. The average Bonchev–Trinajstić information content (AvgIpc) is 2.84. The van der Waals surface area contributed by atoms with Crippen molar-refractivity contribution in [3.05, 3.63) is 88.4 Å². The minimum Gasteiger partial charge on any atom is -0.623 e. The Kier molecular flexibility index (Phi) is 3.01. The molecule has 3 aromatic rings. The highest BCUT2D eigenvalue weighted by molar-refractivity contribution is 6.12. The van der Waals surface area contributed by atoms with Crippen LogP contribution in [0.1, 0.15) is 22.6 Å². The Bertz CT molecular complexity index is 929. The van der Waals surface area contributed by atoms with Gasteiger partial charge in [-0.3, -0.25) is 4.57 Å². The molecule has 2 aromatic carbocycles. The third kappa shape index (κ3) is 2.21. The van der Waals surface area contributed by atoms with E-state index in [4.69, 9.17) is 0 Å². The predicted octanol–water partition coefficient (Wildman–Crippen LogP) is 3.18. The van der Waals surface area contributed by atoms with Crippen LogP contribution in [0.5, 0.6) is 0 Å². The van der Waals surface area contributed by atoms with E-state index in [9.17, 15) is 9.60 Å². The smallest absolute Gasteiger partial charge is 0.228 e. The molecule has 0 saturated carbocycles. The van der Waals surface area contributed by atoms with Gasteiger partial charge in [-0.25, -0.2) is 9.37 Å². The molecule has 0 N–H and O–H groups in total. The first-order chi connectivity index (χ1) is 11.1. The fourth-order valence-electron chi connectivity index (χ4n) is 3.01. The standard InChI is InChI=1S/C18H14FN3O/c1-12-10-21-16-8-7-14(19)9-15(16)18(13-5-3-2-4-6-13)22(23)11-17(21)20-12/h2-10H,11H2,1H3. The average molecular weight is 307 g/mol. The van der Waals surface area contributed by atoms with Gasteiger partial charge in [0.15, 0.2) is 5.82 Å². The van der Waals surface area contributed by atoms with Gasteiger partial charge in [-0.15, -0.1) is 0 Å². The SMILES string of the molecule is Cc1cn2c(n1)C[N+]([O-])=C(c1ccccc1)c1cc(F)ccc1-2. The number of aryl methyl sites for hydroxylation is 1. The number of hydroxylamine groups is 1. The van der Waals surface area contributed by atoms with E-state index in [1.54, 1.807) is 6.07 Å². The second kappa shape index (κ2) is 5.05. The maximum Gasteiger partial charge on any atom is 0.228 e.